The summed E-state index contributed by atoms with van der Waals surface area (Å²) in [7, 11) is 0. The minimum absolute atomic E-state index is 0.114. The number of hydrogen-bond donors (Lipinski definition) is 0. The van der Waals surface area contributed by atoms with Crippen molar-refractivity contribution in [1.29, 1.82) is 5.26 Å². The van der Waals surface area contributed by atoms with Gasteiger partial charge in [0.1, 0.15) is 11.6 Å². The molecule has 5 nitrogen and oxygen atoms in total. The maximum atomic E-state index is 11.4. The fraction of sp³-hybridized carbons (Fsp3) is 0.200. The van der Waals surface area contributed by atoms with Crippen molar-refractivity contribution in [2.75, 3.05) is 5.88 Å². The number of nitrogens with zero attached hydrogens (tertiary/aromatic N) is 2. The molecule has 1 aromatic carbocycles. The van der Waals surface area contributed by atoms with E-state index in [0.717, 1.165) is 0 Å². The molecule has 0 aliphatic heterocycles. The number of carbonyl (C=O) groups is 1. The number of benzene rings is 1. The quantitative estimate of drug-likeness (QED) is 0.350. The van der Waals surface area contributed by atoms with E-state index in [1.54, 1.807) is 13.0 Å². The van der Waals surface area contributed by atoms with Gasteiger partial charge in [0.25, 0.3) is 5.69 Å². The number of nitriles is 1. The Morgan fingerprint density at radius 1 is 1.62 bits per heavy atom. The number of ketones is 1. The second-order valence-electron chi connectivity index (χ2n) is 3.13. The molecule has 1 rings (SSSR count). The highest BCUT2D eigenvalue weighted by Gasteiger charge is 2.24. The molecule has 1 aromatic rings. The minimum Gasteiger partial charge on any atom is -0.293 e. The summed E-state index contributed by atoms with van der Waals surface area (Å²) in [5.41, 5.74) is -0.107. The van der Waals surface area contributed by atoms with E-state index < -0.39 is 16.4 Å². The molecule has 0 bridgehead atoms. The Balaban J connectivity index is 3.58. The summed E-state index contributed by atoms with van der Waals surface area (Å²) >= 11 is 5.36. The molecule has 0 aliphatic carbocycles. The van der Waals surface area contributed by atoms with Crippen LogP contribution in [-0.4, -0.2) is 16.6 Å². The third-order valence-electron chi connectivity index (χ3n) is 1.98. The van der Waals surface area contributed by atoms with Crippen molar-refractivity contribution in [2.45, 2.75) is 6.92 Å². The SMILES string of the molecule is Cc1cc(C#N)c([N+](=O)[O-])c(C(=O)CCl)c1. The van der Waals surface area contributed by atoms with Crippen LogP contribution in [0.15, 0.2) is 12.1 Å². The molecule has 16 heavy (non-hydrogen) atoms. The van der Waals surface area contributed by atoms with Crippen molar-refractivity contribution >= 4 is 23.1 Å². The molecule has 0 heterocycles. The van der Waals surface area contributed by atoms with Gasteiger partial charge >= 0.3 is 0 Å². The predicted octanol–water partition coefficient (Wildman–Crippen LogP) is 2.20. The number of halogens is 1. The Kier molecular flexibility index (Phi) is 3.59. The third-order valence-corrected chi connectivity index (χ3v) is 2.22. The fourth-order valence-electron chi connectivity index (χ4n) is 1.35. The molecule has 0 saturated heterocycles. The summed E-state index contributed by atoms with van der Waals surface area (Å²) < 4.78 is 0. The second kappa shape index (κ2) is 4.73. The first-order valence-electron chi connectivity index (χ1n) is 4.29. The number of rotatable bonds is 3. The first kappa shape index (κ1) is 12.1. The topological polar surface area (TPSA) is 84.0 Å². The highest BCUT2D eigenvalue weighted by Crippen LogP contribution is 2.25. The van der Waals surface area contributed by atoms with Gasteiger partial charge in [-0.1, -0.05) is 0 Å². The molecule has 0 aliphatic rings. The molecule has 0 saturated carbocycles. The number of nitro benzene ring substituents is 1. The van der Waals surface area contributed by atoms with E-state index in [9.17, 15) is 14.9 Å². The zero-order valence-electron chi connectivity index (χ0n) is 8.36. The van der Waals surface area contributed by atoms with E-state index in [-0.39, 0.29) is 17.0 Å². The van der Waals surface area contributed by atoms with E-state index in [1.807, 2.05) is 0 Å². The standard InChI is InChI=1S/C10H7ClN2O3/c1-6-2-7(5-12)10(13(15)16)8(3-6)9(14)4-11/h2-3H,4H2,1H3. The van der Waals surface area contributed by atoms with Gasteiger partial charge in [-0.25, -0.2) is 0 Å². The van der Waals surface area contributed by atoms with Crippen molar-refractivity contribution in [3.63, 3.8) is 0 Å². The van der Waals surface area contributed by atoms with Gasteiger partial charge in [-0.05, 0) is 24.6 Å². The van der Waals surface area contributed by atoms with Crippen molar-refractivity contribution in [2.24, 2.45) is 0 Å². The van der Waals surface area contributed by atoms with E-state index in [1.165, 1.54) is 12.1 Å². The number of alkyl halides is 1. The van der Waals surface area contributed by atoms with Crippen LogP contribution in [0.4, 0.5) is 5.69 Å². The zero-order valence-corrected chi connectivity index (χ0v) is 9.11. The second-order valence-corrected chi connectivity index (χ2v) is 3.40. The monoisotopic (exact) mass is 238 g/mol. The molecule has 6 heteroatoms. The predicted molar refractivity (Wildman–Crippen MR) is 57.6 cm³/mol. The molecule has 0 fully saturated rings. The summed E-state index contributed by atoms with van der Waals surface area (Å²) in [5.74, 6) is -0.914. The smallest absolute Gasteiger partial charge is 0.293 e. The Morgan fingerprint density at radius 3 is 2.69 bits per heavy atom. The normalized spacial score (nSPS) is 9.56. The van der Waals surface area contributed by atoms with E-state index in [2.05, 4.69) is 0 Å². The van der Waals surface area contributed by atoms with Crippen molar-refractivity contribution in [3.05, 3.63) is 38.9 Å². The number of nitro groups is 1. The minimum atomic E-state index is -0.738. The average Bonchev–Trinajstić information content (AvgIpc) is 2.26. The summed E-state index contributed by atoms with van der Waals surface area (Å²) in [6.45, 7) is 1.65. The zero-order chi connectivity index (χ0) is 12.3. The van der Waals surface area contributed by atoms with Gasteiger partial charge < -0.3 is 0 Å². The molecule has 0 aromatic heterocycles. The largest absolute Gasteiger partial charge is 0.297 e. The lowest BCUT2D eigenvalue weighted by atomic mass is 10.0. The average molecular weight is 239 g/mol. The van der Waals surface area contributed by atoms with Gasteiger partial charge in [-0.2, -0.15) is 5.26 Å². The highest BCUT2D eigenvalue weighted by molar-refractivity contribution is 6.31. The lowest BCUT2D eigenvalue weighted by Gasteiger charge is -2.03. The molecule has 0 N–H and O–H groups in total. The summed E-state index contributed by atoms with van der Waals surface area (Å²) in [6, 6.07) is 4.43. The molecule has 0 unspecified atom stereocenters. The van der Waals surface area contributed by atoms with E-state index >= 15 is 0 Å². The van der Waals surface area contributed by atoms with E-state index in [4.69, 9.17) is 16.9 Å². The van der Waals surface area contributed by atoms with Crippen molar-refractivity contribution in [3.8, 4) is 6.07 Å². The Bertz CT molecular complexity index is 506. The molecule has 0 amide bonds. The van der Waals surface area contributed by atoms with Gasteiger partial charge in [0.15, 0.2) is 5.78 Å². The van der Waals surface area contributed by atoms with Gasteiger partial charge in [0, 0.05) is 0 Å². The first-order chi connectivity index (χ1) is 7.51. The van der Waals surface area contributed by atoms with Gasteiger partial charge in [-0.15, -0.1) is 11.6 Å². The third kappa shape index (κ3) is 2.18. The molecule has 0 radical (unpaired) electrons. The fourth-order valence-corrected chi connectivity index (χ4v) is 1.49. The van der Waals surface area contributed by atoms with Crippen LogP contribution in [0.5, 0.6) is 0 Å². The lowest BCUT2D eigenvalue weighted by Crippen LogP contribution is -2.07. The van der Waals surface area contributed by atoms with Gasteiger partial charge in [0.2, 0.25) is 0 Å². The van der Waals surface area contributed by atoms with Crippen molar-refractivity contribution < 1.29 is 9.72 Å². The lowest BCUT2D eigenvalue weighted by molar-refractivity contribution is -0.385. The van der Waals surface area contributed by atoms with Crippen LogP contribution >= 0.6 is 11.6 Å². The summed E-state index contributed by atoms with van der Waals surface area (Å²) in [5, 5.41) is 19.6. The maximum Gasteiger partial charge on any atom is 0.297 e. The number of Topliss-reactive ketones (excluding diaryl/α,β-unsaturated/α-hetero) is 1. The van der Waals surface area contributed by atoms with Crippen LogP contribution in [0.1, 0.15) is 21.5 Å². The number of aryl methyl sites for hydroxylation is 1. The molecular formula is C10H7ClN2O3. The van der Waals surface area contributed by atoms with Crippen LogP contribution < -0.4 is 0 Å². The van der Waals surface area contributed by atoms with Crippen LogP contribution in [0.3, 0.4) is 0 Å². The molecule has 0 atom stereocenters. The Morgan fingerprint density at radius 2 is 2.25 bits per heavy atom. The Hall–Kier alpha value is -1.93. The van der Waals surface area contributed by atoms with Crippen molar-refractivity contribution in [1.82, 2.24) is 0 Å². The van der Waals surface area contributed by atoms with Crippen LogP contribution in [0.25, 0.3) is 0 Å². The first-order valence-corrected chi connectivity index (χ1v) is 4.83. The number of carbonyl (C=O) groups excluding carboxylic acids is 1. The highest BCUT2D eigenvalue weighted by atomic mass is 35.5. The number of hydrogen-bond acceptors (Lipinski definition) is 4. The van der Waals surface area contributed by atoms with Crippen LogP contribution in [-0.2, 0) is 0 Å². The van der Waals surface area contributed by atoms with Gasteiger partial charge in [0.05, 0.1) is 16.4 Å². The van der Waals surface area contributed by atoms with Gasteiger partial charge in [-0.3, -0.25) is 14.9 Å². The van der Waals surface area contributed by atoms with E-state index in [0.29, 0.717) is 5.56 Å². The molecule has 82 valence electrons. The maximum absolute atomic E-state index is 11.4. The Labute approximate surface area is 96.4 Å². The summed E-state index contributed by atoms with van der Waals surface area (Å²) in [6.07, 6.45) is 0. The molecular weight excluding hydrogens is 232 g/mol. The van der Waals surface area contributed by atoms with Crippen LogP contribution in [0, 0.1) is 28.4 Å². The van der Waals surface area contributed by atoms with Crippen LogP contribution in [0.2, 0.25) is 0 Å². The molecule has 0 spiro atoms. The summed E-state index contributed by atoms with van der Waals surface area (Å²) in [4.78, 5) is 21.5.